The predicted octanol–water partition coefficient (Wildman–Crippen LogP) is 8.00. The minimum absolute atomic E-state index is 0.00886. The van der Waals surface area contributed by atoms with Gasteiger partial charge in [-0.3, -0.25) is 4.98 Å². The summed E-state index contributed by atoms with van der Waals surface area (Å²) in [6.45, 7) is 11.7. The summed E-state index contributed by atoms with van der Waals surface area (Å²) in [5.41, 5.74) is 2.20. The van der Waals surface area contributed by atoms with Gasteiger partial charge < -0.3 is 4.74 Å². The number of hydrogen-bond acceptors (Lipinski definition) is 3. The molecule has 0 spiro atoms. The molecule has 0 bridgehead atoms. The van der Waals surface area contributed by atoms with E-state index in [4.69, 9.17) is 9.72 Å². The third-order valence-corrected chi connectivity index (χ3v) is 5.08. The number of aromatic nitrogens is 1. The van der Waals surface area contributed by atoms with Crippen LogP contribution in [0, 0.1) is 0 Å². The Balaban J connectivity index is 3.03. The van der Waals surface area contributed by atoms with E-state index in [1.165, 1.54) is 6.07 Å². The molecule has 0 unspecified atom stereocenters. The van der Waals surface area contributed by atoms with Gasteiger partial charge in [0, 0.05) is 11.1 Å². The Morgan fingerprint density at radius 1 is 1.09 bits per heavy atom. The molecule has 2 aromatic rings. The standard InChI is InChI=1S/C26H32F3NO2/c1-7-9-10-14-20-21(18-12-11-13-19(15-18)26(27,28)29)22(25(31)32-8-2)24(17(5)6)30-23(20)16(3)4/h10-17H,7-9H2,1-6H3. The van der Waals surface area contributed by atoms with Crippen molar-refractivity contribution in [1.82, 2.24) is 4.98 Å². The first kappa shape index (κ1) is 25.6. The summed E-state index contributed by atoms with van der Waals surface area (Å²) in [5, 5.41) is 0. The van der Waals surface area contributed by atoms with Gasteiger partial charge in [-0.25, -0.2) is 4.79 Å². The average molecular weight is 448 g/mol. The van der Waals surface area contributed by atoms with Gasteiger partial charge in [-0.2, -0.15) is 13.2 Å². The van der Waals surface area contributed by atoms with E-state index in [0.29, 0.717) is 22.4 Å². The molecule has 1 aromatic carbocycles. The lowest BCUT2D eigenvalue weighted by Crippen LogP contribution is -2.17. The number of pyridine rings is 1. The highest BCUT2D eigenvalue weighted by Gasteiger charge is 2.32. The van der Waals surface area contributed by atoms with Crippen LogP contribution in [-0.2, 0) is 10.9 Å². The summed E-state index contributed by atoms with van der Waals surface area (Å²) in [7, 11) is 0. The van der Waals surface area contributed by atoms with Crippen molar-refractivity contribution in [1.29, 1.82) is 0 Å². The maximum absolute atomic E-state index is 13.5. The van der Waals surface area contributed by atoms with Crippen LogP contribution >= 0.6 is 0 Å². The Labute approximate surface area is 188 Å². The number of allylic oxidation sites excluding steroid dienone is 1. The molecule has 1 heterocycles. The molecule has 0 saturated heterocycles. The van der Waals surface area contributed by atoms with Gasteiger partial charge in [0.05, 0.1) is 29.1 Å². The summed E-state index contributed by atoms with van der Waals surface area (Å²) in [6.07, 6.45) is 1.10. The van der Waals surface area contributed by atoms with Gasteiger partial charge in [-0.1, -0.05) is 65.3 Å². The Morgan fingerprint density at radius 2 is 1.75 bits per heavy atom. The number of rotatable bonds is 8. The van der Waals surface area contributed by atoms with Crippen molar-refractivity contribution < 1.29 is 22.7 Å². The zero-order valence-electron chi connectivity index (χ0n) is 19.6. The van der Waals surface area contributed by atoms with Crippen LogP contribution < -0.4 is 0 Å². The minimum atomic E-state index is -4.49. The first-order chi connectivity index (χ1) is 15.0. The van der Waals surface area contributed by atoms with Crippen LogP contribution in [-0.4, -0.2) is 17.6 Å². The maximum atomic E-state index is 13.5. The van der Waals surface area contributed by atoms with Crippen LogP contribution in [0.4, 0.5) is 13.2 Å². The van der Waals surface area contributed by atoms with E-state index < -0.39 is 17.7 Å². The number of carbonyl (C=O) groups is 1. The van der Waals surface area contributed by atoms with Gasteiger partial charge in [0.25, 0.3) is 0 Å². The summed E-state index contributed by atoms with van der Waals surface area (Å²) in [4.78, 5) is 17.9. The second kappa shape index (κ2) is 10.8. The van der Waals surface area contributed by atoms with Gasteiger partial charge in [0.2, 0.25) is 0 Å². The first-order valence-electron chi connectivity index (χ1n) is 11.1. The Morgan fingerprint density at radius 3 is 2.28 bits per heavy atom. The van der Waals surface area contributed by atoms with Crippen molar-refractivity contribution in [2.45, 2.75) is 72.4 Å². The summed E-state index contributed by atoms with van der Waals surface area (Å²) >= 11 is 0. The molecule has 0 aliphatic carbocycles. The molecule has 0 N–H and O–H groups in total. The number of alkyl halides is 3. The summed E-state index contributed by atoms with van der Waals surface area (Å²) in [6, 6.07) is 5.12. The molecule has 0 atom stereocenters. The molecular formula is C26H32F3NO2. The lowest BCUT2D eigenvalue weighted by Gasteiger charge is -2.23. The number of esters is 1. The third-order valence-electron chi connectivity index (χ3n) is 5.08. The van der Waals surface area contributed by atoms with Crippen molar-refractivity contribution in [3.8, 4) is 11.1 Å². The normalized spacial score (nSPS) is 12.2. The van der Waals surface area contributed by atoms with E-state index in [9.17, 15) is 18.0 Å². The predicted molar refractivity (Wildman–Crippen MR) is 123 cm³/mol. The fraction of sp³-hybridized carbons (Fsp3) is 0.462. The SMILES string of the molecule is CCCC=Cc1c(C(C)C)nc(C(C)C)c(C(=O)OCC)c1-c1cccc(C(F)(F)F)c1. The topological polar surface area (TPSA) is 39.2 Å². The van der Waals surface area contributed by atoms with Gasteiger partial charge in [0.15, 0.2) is 0 Å². The van der Waals surface area contributed by atoms with Crippen molar-refractivity contribution in [3.05, 3.63) is 58.4 Å². The highest BCUT2D eigenvalue weighted by Crippen LogP contribution is 2.40. The largest absolute Gasteiger partial charge is 0.462 e. The fourth-order valence-electron chi connectivity index (χ4n) is 3.59. The lowest BCUT2D eigenvalue weighted by atomic mass is 9.86. The van der Waals surface area contributed by atoms with E-state index in [-0.39, 0.29) is 24.0 Å². The Kier molecular flexibility index (Phi) is 8.65. The molecule has 1 aromatic heterocycles. The number of unbranched alkanes of at least 4 members (excludes halogenated alkanes) is 1. The van der Waals surface area contributed by atoms with Gasteiger partial charge in [-0.15, -0.1) is 0 Å². The molecule has 0 saturated carbocycles. The number of hydrogen-bond donors (Lipinski definition) is 0. The Bertz CT molecular complexity index is 976. The van der Waals surface area contributed by atoms with E-state index in [2.05, 4.69) is 0 Å². The van der Waals surface area contributed by atoms with Crippen LogP contribution in [0.3, 0.4) is 0 Å². The number of benzene rings is 1. The van der Waals surface area contributed by atoms with Gasteiger partial charge in [0.1, 0.15) is 0 Å². The molecule has 3 nitrogen and oxygen atoms in total. The first-order valence-corrected chi connectivity index (χ1v) is 11.1. The summed E-state index contributed by atoms with van der Waals surface area (Å²) in [5.74, 6) is -0.684. The maximum Gasteiger partial charge on any atom is 0.416 e. The zero-order valence-corrected chi connectivity index (χ0v) is 19.6. The number of carbonyl (C=O) groups excluding carboxylic acids is 1. The van der Waals surface area contributed by atoms with Crippen LogP contribution in [0.15, 0.2) is 30.3 Å². The fourth-order valence-corrected chi connectivity index (χ4v) is 3.59. The second-order valence-electron chi connectivity index (χ2n) is 8.35. The summed E-state index contributed by atoms with van der Waals surface area (Å²) < 4.78 is 45.9. The molecule has 32 heavy (non-hydrogen) atoms. The third kappa shape index (κ3) is 5.78. The van der Waals surface area contributed by atoms with Crippen molar-refractivity contribution in [2.75, 3.05) is 6.61 Å². The highest BCUT2D eigenvalue weighted by atomic mass is 19.4. The molecule has 0 aliphatic heterocycles. The van der Waals surface area contributed by atoms with Crippen LogP contribution in [0.1, 0.15) is 99.1 Å². The van der Waals surface area contributed by atoms with Crippen molar-refractivity contribution in [3.63, 3.8) is 0 Å². The minimum Gasteiger partial charge on any atom is -0.462 e. The van der Waals surface area contributed by atoms with E-state index >= 15 is 0 Å². The number of halogens is 3. The van der Waals surface area contributed by atoms with Crippen LogP contribution in [0.5, 0.6) is 0 Å². The molecule has 0 amide bonds. The monoisotopic (exact) mass is 447 g/mol. The molecular weight excluding hydrogens is 415 g/mol. The van der Waals surface area contributed by atoms with E-state index in [0.717, 1.165) is 30.7 Å². The quantitative estimate of drug-likeness (QED) is 0.385. The van der Waals surface area contributed by atoms with Crippen molar-refractivity contribution in [2.24, 2.45) is 0 Å². The van der Waals surface area contributed by atoms with Crippen molar-refractivity contribution >= 4 is 12.0 Å². The van der Waals surface area contributed by atoms with Crippen LogP contribution in [0.2, 0.25) is 0 Å². The molecule has 0 radical (unpaired) electrons. The molecule has 174 valence electrons. The average Bonchev–Trinajstić information content (AvgIpc) is 2.72. The van der Waals surface area contributed by atoms with Gasteiger partial charge >= 0.3 is 12.1 Å². The lowest BCUT2D eigenvalue weighted by molar-refractivity contribution is -0.137. The smallest absolute Gasteiger partial charge is 0.416 e. The Hall–Kier alpha value is -2.63. The number of nitrogens with zero attached hydrogens (tertiary/aromatic N) is 1. The highest BCUT2D eigenvalue weighted by molar-refractivity contribution is 6.01. The molecule has 0 aliphatic rings. The molecule has 6 heteroatoms. The molecule has 0 fully saturated rings. The zero-order chi connectivity index (χ0) is 24.1. The van der Waals surface area contributed by atoms with Gasteiger partial charge in [-0.05, 0) is 42.9 Å². The number of ether oxygens (including phenoxy) is 1. The van der Waals surface area contributed by atoms with Crippen LogP contribution in [0.25, 0.3) is 17.2 Å². The second-order valence-corrected chi connectivity index (χ2v) is 8.35. The van der Waals surface area contributed by atoms with E-state index in [1.54, 1.807) is 13.0 Å². The molecule has 2 rings (SSSR count). The van der Waals surface area contributed by atoms with E-state index in [1.807, 2.05) is 46.8 Å².